The first-order chi connectivity index (χ1) is 9.18. The average Bonchev–Trinajstić information content (AvgIpc) is 2.63. The van der Waals surface area contributed by atoms with Crippen LogP contribution in [0.4, 0.5) is 0 Å². The molecule has 20 heavy (non-hydrogen) atoms. The fourth-order valence-corrected chi connectivity index (χ4v) is 3.67. The number of likely N-dealkylation sites (N-methyl/N-ethyl adjacent to an activating group) is 2. The molecule has 0 aromatic carbocycles. The van der Waals surface area contributed by atoms with E-state index in [1.54, 1.807) is 0 Å². The van der Waals surface area contributed by atoms with E-state index in [1.807, 2.05) is 0 Å². The van der Waals surface area contributed by atoms with Gasteiger partial charge in [-0.05, 0) is 46.4 Å². The molecular formula is C17H32N2O. The number of hydrogen-bond acceptors (Lipinski definition) is 3. The number of terminal acetylenes is 1. The summed E-state index contributed by atoms with van der Waals surface area (Å²) in [4.78, 5) is 4.43. The maximum Gasteiger partial charge on any atom is 0.127 e. The van der Waals surface area contributed by atoms with Crippen molar-refractivity contribution in [3.8, 4) is 12.3 Å². The van der Waals surface area contributed by atoms with E-state index in [1.165, 1.54) is 0 Å². The van der Waals surface area contributed by atoms with Gasteiger partial charge in [0.05, 0.1) is 18.2 Å². The van der Waals surface area contributed by atoms with E-state index in [9.17, 15) is 0 Å². The van der Waals surface area contributed by atoms with Gasteiger partial charge in [-0.2, -0.15) is 0 Å². The Hall–Kier alpha value is -0.560. The van der Waals surface area contributed by atoms with E-state index in [4.69, 9.17) is 11.2 Å². The summed E-state index contributed by atoms with van der Waals surface area (Å²) in [5.74, 6) is 4.10. The van der Waals surface area contributed by atoms with Crippen molar-refractivity contribution in [1.82, 2.24) is 9.80 Å². The van der Waals surface area contributed by atoms with E-state index < -0.39 is 0 Å². The molecular weight excluding hydrogens is 248 g/mol. The quantitative estimate of drug-likeness (QED) is 0.719. The molecule has 0 saturated carbocycles. The molecule has 1 rings (SSSR count). The molecule has 1 fully saturated rings. The van der Waals surface area contributed by atoms with Crippen molar-refractivity contribution < 1.29 is 4.74 Å². The number of ether oxygens (including phenoxy) is 1. The zero-order chi connectivity index (χ0) is 15.7. The highest BCUT2D eigenvalue weighted by molar-refractivity contribution is 5.27. The van der Waals surface area contributed by atoms with Crippen molar-refractivity contribution in [2.45, 2.75) is 57.9 Å². The van der Waals surface area contributed by atoms with Crippen molar-refractivity contribution >= 4 is 0 Å². The Morgan fingerprint density at radius 3 is 2.00 bits per heavy atom. The monoisotopic (exact) mass is 280 g/mol. The van der Waals surface area contributed by atoms with Crippen LogP contribution in [0.15, 0.2) is 0 Å². The van der Waals surface area contributed by atoms with Crippen LogP contribution in [-0.2, 0) is 4.74 Å². The topological polar surface area (TPSA) is 15.7 Å². The fourth-order valence-electron chi connectivity index (χ4n) is 3.67. The molecule has 1 aliphatic heterocycles. The lowest BCUT2D eigenvalue weighted by molar-refractivity contribution is -0.0195. The van der Waals surface area contributed by atoms with Gasteiger partial charge in [0.25, 0.3) is 0 Å². The molecule has 0 amide bonds. The van der Waals surface area contributed by atoms with Gasteiger partial charge in [-0.1, -0.05) is 33.6 Å². The first-order valence-corrected chi connectivity index (χ1v) is 7.65. The Labute approximate surface area is 125 Å². The minimum absolute atomic E-state index is 0.0682. The highest BCUT2D eigenvalue weighted by Crippen LogP contribution is 2.42. The predicted octanol–water partition coefficient (Wildman–Crippen LogP) is 2.32. The van der Waals surface area contributed by atoms with Gasteiger partial charge in [0.15, 0.2) is 0 Å². The summed E-state index contributed by atoms with van der Waals surface area (Å²) in [7, 11) is 8.37. The van der Waals surface area contributed by atoms with Crippen LogP contribution < -0.4 is 0 Å². The average molecular weight is 280 g/mol. The third kappa shape index (κ3) is 2.88. The standard InChI is InChI=1S/C17H32N2O/c1-10-17(19(8)9)15(18(6)7)14(11-12(2)3)20-16(17)13(4)5/h1,12-16H,11H2,2-9H3/t14-,15-,16+,17-/m1/s1. The minimum Gasteiger partial charge on any atom is -0.370 e. The molecule has 4 atom stereocenters. The molecule has 0 N–H and O–H groups in total. The molecule has 0 aliphatic carbocycles. The Morgan fingerprint density at radius 1 is 1.15 bits per heavy atom. The fraction of sp³-hybridized carbons (Fsp3) is 0.882. The Balaban J connectivity index is 3.28. The molecule has 116 valence electrons. The van der Waals surface area contributed by atoms with Crippen LogP contribution >= 0.6 is 0 Å². The Morgan fingerprint density at radius 2 is 1.70 bits per heavy atom. The van der Waals surface area contributed by atoms with E-state index in [2.05, 4.69) is 71.6 Å². The van der Waals surface area contributed by atoms with Crippen LogP contribution in [0.3, 0.4) is 0 Å². The van der Waals surface area contributed by atoms with Gasteiger partial charge >= 0.3 is 0 Å². The molecule has 0 radical (unpaired) electrons. The molecule has 3 nitrogen and oxygen atoms in total. The summed E-state index contributed by atoms with van der Waals surface area (Å²) in [6, 6.07) is 0.220. The third-order valence-corrected chi connectivity index (χ3v) is 4.40. The van der Waals surface area contributed by atoms with Crippen molar-refractivity contribution in [3.05, 3.63) is 0 Å². The number of nitrogens with zero attached hydrogens (tertiary/aromatic N) is 2. The van der Waals surface area contributed by atoms with Gasteiger partial charge in [0.2, 0.25) is 0 Å². The summed E-state index contributed by atoms with van der Waals surface area (Å²) in [6.45, 7) is 8.88. The van der Waals surface area contributed by atoms with Crippen molar-refractivity contribution in [3.63, 3.8) is 0 Å². The largest absolute Gasteiger partial charge is 0.370 e. The normalized spacial score (nSPS) is 34.5. The minimum atomic E-state index is -0.364. The molecule has 1 saturated heterocycles. The van der Waals surface area contributed by atoms with Crippen LogP contribution in [0.25, 0.3) is 0 Å². The second kappa shape index (κ2) is 6.47. The van der Waals surface area contributed by atoms with Gasteiger partial charge in [0.1, 0.15) is 5.54 Å². The van der Waals surface area contributed by atoms with Gasteiger partial charge < -0.3 is 9.64 Å². The predicted molar refractivity (Wildman–Crippen MR) is 85.7 cm³/mol. The number of rotatable bonds is 5. The number of hydrogen-bond donors (Lipinski definition) is 0. The van der Waals surface area contributed by atoms with Crippen molar-refractivity contribution in [1.29, 1.82) is 0 Å². The Bertz CT molecular complexity index is 356. The maximum atomic E-state index is 6.45. The van der Waals surface area contributed by atoms with Crippen LogP contribution in [0.1, 0.15) is 34.1 Å². The smallest absolute Gasteiger partial charge is 0.127 e. The molecule has 0 aromatic rings. The van der Waals surface area contributed by atoms with Gasteiger partial charge in [-0.15, -0.1) is 6.42 Å². The molecule has 0 unspecified atom stereocenters. The first-order valence-electron chi connectivity index (χ1n) is 7.65. The van der Waals surface area contributed by atoms with Crippen LogP contribution in [0, 0.1) is 24.2 Å². The molecule has 1 aliphatic rings. The zero-order valence-electron chi connectivity index (χ0n) is 14.5. The van der Waals surface area contributed by atoms with Crippen LogP contribution in [0.2, 0.25) is 0 Å². The van der Waals surface area contributed by atoms with E-state index in [-0.39, 0.29) is 23.8 Å². The van der Waals surface area contributed by atoms with Crippen LogP contribution in [0.5, 0.6) is 0 Å². The van der Waals surface area contributed by atoms with Crippen molar-refractivity contribution in [2.24, 2.45) is 11.8 Å². The van der Waals surface area contributed by atoms with Crippen molar-refractivity contribution in [2.75, 3.05) is 28.2 Å². The van der Waals surface area contributed by atoms with Gasteiger partial charge in [0, 0.05) is 0 Å². The second-order valence-electron chi connectivity index (χ2n) is 7.24. The highest BCUT2D eigenvalue weighted by Gasteiger charge is 2.58. The summed E-state index contributed by atoms with van der Waals surface area (Å²) < 4.78 is 6.45. The van der Waals surface area contributed by atoms with E-state index in [0.29, 0.717) is 11.8 Å². The first kappa shape index (κ1) is 17.5. The lowest BCUT2D eigenvalue weighted by Crippen LogP contribution is -2.62. The SMILES string of the molecule is C#C[C@]1(N(C)C)[C@H](C(C)C)O[C@H](CC(C)C)[C@H]1N(C)C. The van der Waals surface area contributed by atoms with Gasteiger partial charge in [-0.3, -0.25) is 4.90 Å². The summed E-state index contributed by atoms with van der Waals surface area (Å²) in [5.41, 5.74) is -0.364. The summed E-state index contributed by atoms with van der Waals surface area (Å²) in [6.07, 6.45) is 7.32. The van der Waals surface area contributed by atoms with E-state index in [0.717, 1.165) is 6.42 Å². The molecule has 0 aromatic heterocycles. The molecule has 0 spiro atoms. The lowest BCUT2D eigenvalue weighted by Gasteiger charge is -2.44. The molecule has 3 heteroatoms. The maximum absolute atomic E-state index is 6.45. The zero-order valence-corrected chi connectivity index (χ0v) is 14.5. The second-order valence-corrected chi connectivity index (χ2v) is 7.24. The summed E-state index contributed by atoms with van der Waals surface area (Å²) >= 11 is 0. The third-order valence-electron chi connectivity index (χ3n) is 4.40. The molecule has 1 heterocycles. The van der Waals surface area contributed by atoms with Crippen LogP contribution in [-0.4, -0.2) is 61.8 Å². The Kier molecular flexibility index (Phi) is 5.66. The summed E-state index contributed by atoms with van der Waals surface area (Å²) in [5, 5.41) is 0. The van der Waals surface area contributed by atoms with Gasteiger partial charge in [-0.25, -0.2) is 0 Å². The molecule has 0 bridgehead atoms. The highest BCUT2D eigenvalue weighted by atomic mass is 16.5. The lowest BCUT2D eigenvalue weighted by atomic mass is 9.78. The van der Waals surface area contributed by atoms with E-state index >= 15 is 0 Å².